The molecule has 0 radical (unpaired) electrons. The molecular formula is C17H23NO4. The first-order valence-electron chi connectivity index (χ1n) is 8.05. The molecule has 3 rings (SSSR count). The Labute approximate surface area is 131 Å². The largest absolute Gasteiger partial charge is 0.490 e. The van der Waals surface area contributed by atoms with Crippen molar-refractivity contribution >= 4 is 5.91 Å². The average Bonchev–Trinajstić information content (AvgIpc) is 2.56. The van der Waals surface area contributed by atoms with E-state index in [4.69, 9.17) is 14.2 Å². The van der Waals surface area contributed by atoms with Gasteiger partial charge in [-0.05, 0) is 38.3 Å². The van der Waals surface area contributed by atoms with E-state index in [0.717, 1.165) is 37.3 Å². The highest BCUT2D eigenvalue weighted by Gasteiger charge is 2.38. The Morgan fingerprint density at radius 2 is 2.00 bits per heavy atom. The van der Waals surface area contributed by atoms with E-state index in [2.05, 4.69) is 0 Å². The number of carbonyl (C=O) groups is 1. The molecule has 2 saturated heterocycles. The number of fused-ring (bicyclic) bond motifs is 1. The predicted octanol–water partition coefficient (Wildman–Crippen LogP) is 2.24. The van der Waals surface area contributed by atoms with E-state index in [1.54, 1.807) is 0 Å². The van der Waals surface area contributed by atoms with Crippen LogP contribution in [0.4, 0.5) is 0 Å². The number of rotatable bonds is 5. The number of hydrogen-bond donors (Lipinski definition) is 0. The maximum atomic E-state index is 11.9. The van der Waals surface area contributed by atoms with Gasteiger partial charge in [0.25, 0.3) is 0 Å². The SMILES string of the molecule is CCOc1ccccc1OCC1OCC(=O)N2CCCCC12. The van der Waals surface area contributed by atoms with E-state index < -0.39 is 0 Å². The summed E-state index contributed by atoms with van der Waals surface area (Å²) in [5.74, 6) is 1.58. The van der Waals surface area contributed by atoms with Crippen LogP contribution < -0.4 is 9.47 Å². The molecule has 0 aromatic heterocycles. The van der Waals surface area contributed by atoms with Crippen LogP contribution in [0, 0.1) is 0 Å². The third-order valence-corrected chi connectivity index (χ3v) is 4.27. The van der Waals surface area contributed by atoms with Gasteiger partial charge in [-0.25, -0.2) is 0 Å². The summed E-state index contributed by atoms with van der Waals surface area (Å²) in [5.41, 5.74) is 0. The molecule has 0 saturated carbocycles. The number of piperidine rings is 1. The third kappa shape index (κ3) is 3.19. The molecule has 2 atom stereocenters. The van der Waals surface area contributed by atoms with E-state index in [1.807, 2.05) is 36.1 Å². The van der Waals surface area contributed by atoms with Gasteiger partial charge in [-0.2, -0.15) is 0 Å². The second kappa shape index (κ2) is 7.01. The first kappa shape index (κ1) is 15.2. The summed E-state index contributed by atoms with van der Waals surface area (Å²) in [6.07, 6.45) is 3.16. The second-order valence-corrected chi connectivity index (χ2v) is 5.69. The summed E-state index contributed by atoms with van der Waals surface area (Å²) < 4.78 is 17.2. The average molecular weight is 305 g/mol. The molecule has 2 fully saturated rings. The molecule has 5 heteroatoms. The molecule has 1 aromatic rings. The van der Waals surface area contributed by atoms with Gasteiger partial charge >= 0.3 is 0 Å². The van der Waals surface area contributed by atoms with Gasteiger partial charge < -0.3 is 19.1 Å². The van der Waals surface area contributed by atoms with Gasteiger partial charge in [0.2, 0.25) is 5.91 Å². The van der Waals surface area contributed by atoms with E-state index in [1.165, 1.54) is 0 Å². The number of benzene rings is 1. The normalized spacial score (nSPS) is 24.8. The molecule has 0 spiro atoms. The van der Waals surface area contributed by atoms with Crippen molar-refractivity contribution in [2.24, 2.45) is 0 Å². The van der Waals surface area contributed by atoms with Crippen molar-refractivity contribution in [1.82, 2.24) is 4.90 Å². The third-order valence-electron chi connectivity index (χ3n) is 4.27. The van der Waals surface area contributed by atoms with Crippen molar-refractivity contribution in [2.75, 3.05) is 26.4 Å². The monoisotopic (exact) mass is 305 g/mol. The molecular weight excluding hydrogens is 282 g/mol. The maximum Gasteiger partial charge on any atom is 0.248 e. The van der Waals surface area contributed by atoms with Crippen LogP contribution in [0.3, 0.4) is 0 Å². The van der Waals surface area contributed by atoms with Gasteiger partial charge in [-0.15, -0.1) is 0 Å². The summed E-state index contributed by atoms with van der Waals surface area (Å²) in [6, 6.07) is 7.80. The minimum Gasteiger partial charge on any atom is -0.490 e. The van der Waals surface area contributed by atoms with Crippen molar-refractivity contribution in [2.45, 2.75) is 38.3 Å². The van der Waals surface area contributed by atoms with Crippen LogP contribution in [0.15, 0.2) is 24.3 Å². The number of nitrogens with zero attached hydrogens (tertiary/aromatic N) is 1. The topological polar surface area (TPSA) is 48.0 Å². The first-order chi connectivity index (χ1) is 10.8. The number of amides is 1. The first-order valence-corrected chi connectivity index (χ1v) is 8.05. The molecule has 5 nitrogen and oxygen atoms in total. The molecule has 120 valence electrons. The van der Waals surface area contributed by atoms with Crippen molar-refractivity contribution in [1.29, 1.82) is 0 Å². The number of morpholine rings is 1. The van der Waals surface area contributed by atoms with Crippen LogP contribution in [0.2, 0.25) is 0 Å². The predicted molar refractivity (Wildman–Crippen MR) is 82.2 cm³/mol. The van der Waals surface area contributed by atoms with E-state index in [-0.39, 0.29) is 24.7 Å². The van der Waals surface area contributed by atoms with Crippen molar-refractivity contribution in [3.63, 3.8) is 0 Å². The summed E-state index contributed by atoms with van der Waals surface area (Å²) in [7, 11) is 0. The zero-order valence-corrected chi connectivity index (χ0v) is 13.0. The molecule has 1 aromatic carbocycles. The van der Waals surface area contributed by atoms with E-state index in [9.17, 15) is 4.79 Å². The molecule has 2 heterocycles. The van der Waals surface area contributed by atoms with Crippen LogP contribution >= 0.6 is 0 Å². The molecule has 22 heavy (non-hydrogen) atoms. The Hall–Kier alpha value is -1.75. The molecule has 0 N–H and O–H groups in total. The van der Waals surface area contributed by atoms with Crippen LogP contribution in [-0.2, 0) is 9.53 Å². The molecule has 0 aliphatic carbocycles. The van der Waals surface area contributed by atoms with Gasteiger partial charge in [-0.3, -0.25) is 4.79 Å². The number of para-hydroxylation sites is 2. The standard InChI is InChI=1S/C17H23NO4/c1-2-20-14-8-3-4-9-15(14)21-11-16-13-7-5-6-10-18(13)17(19)12-22-16/h3-4,8-9,13,16H,2,5-7,10-12H2,1H3. The van der Waals surface area contributed by atoms with Crippen LogP contribution in [0.5, 0.6) is 11.5 Å². The molecule has 0 bridgehead atoms. The van der Waals surface area contributed by atoms with Crippen LogP contribution in [0.25, 0.3) is 0 Å². The zero-order valence-electron chi connectivity index (χ0n) is 13.0. The van der Waals surface area contributed by atoms with Crippen LogP contribution in [0.1, 0.15) is 26.2 Å². The molecule has 2 aliphatic rings. The Kier molecular flexibility index (Phi) is 4.83. The fourth-order valence-electron chi connectivity index (χ4n) is 3.20. The summed E-state index contributed by atoms with van der Waals surface area (Å²) in [5, 5.41) is 0. The number of carbonyl (C=O) groups excluding carboxylic acids is 1. The smallest absolute Gasteiger partial charge is 0.248 e. The molecule has 2 aliphatic heterocycles. The van der Waals surface area contributed by atoms with E-state index >= 15 is 0 Å². The molecule has 1 amide bonds. The lowest BCUT2D eigenvalue weighted by molar-refractivity contribution is -0.162. The zero-order chi connectivity index (χ0) is 15.4. The van der Waals surface area contributed by atoms with Crippen molar-refractivity contribution < 1.29 is 19.0 Å². The van der Waals surface area contributed by atoms with Crippen molar-refractivity contribution in [3.8, 4) is 11.5 Å². The maximum absolute atomic E-state index is 11.9. The van der Waals surface area contributed by atoms with Crippen LogP contribution in [-0.4, -0.2) is 49.3 Å². The second-order valence-electron chi connectivity index (χ2n) is 5.69. The summed E-state index contributed by atoms with van der Waals surface area (Å²) in [6.45, 7) is 4.01. The summed E-state index contributed by atoms with van der Waals surface area (Å²) in [4.78, 5) is 13.9. The highest BCUT2D eigenvalue weighted by molar-refractivity contribution is 5.78. The van der Waals surface area contributed by atoms with Crippen molar-refractivity contribution in [3.05, 3.63) is 24.3 Å². The summed E-state index contributed by atoms with van der Waals surface area (Å²) >= 11 is 0. The quantitative estimate of drug-likeness (QED) is 0.837. The van der Waals surface area contributed by atoms with Gasteiger partial charge in [-0.1, -0.05) is 12.1 Å². The lowest BCUT2D eigenvalue weighted by Gasteiger charge is -2.43. The van der Waals surface area contributed by atoms with Gasteiger partial charge in [0.05, 0.1) is 12.6 Å². The van der Waals surface area contributed by atoms with E-state index in [0.29, 0.717) is 13.2 Å². The van der Waals surface area contributed by atoms with Gasteiger partial charge in [0.15, 0.2) is 11.5 Å². The number of ether oxygens (including phenoxy) is 3. The Morgan fingerprint density at radius 3 is 2.77 bits per heavy atom. The Bertz CT molecular complexity index is 519. The number of hydrogen-bond acceptors (Lipinski definition) is 4. The highest BCUT2D eigenvalue weighted by Crippen LogP contribution is 2.29. The minimum absolute atomic E-state index is 0.0623. The lowest BCUT2D eigenvalue weighted by Crippen LogP contribution is -2.57. The molecule has 2 unspecified atom stereocenters. The highest BCUT2D eigenvalue weighted by atomic mass is 16.6. The van der Waals surface area contributed by atoms with Gasteiger partial charge in [0.1, 0.15) is 19.3 Å². The lowest BCUT2D eigenvalue weighted by atomic mass is 9.96. The Balaban J connectivity index is 1.64. The minimum atomic E-state index is -0.0623. The van der Waals surface area contributed by atoms with Gasteiger partial charge in [0, 0.05) is 6.54 Å². The Morgan fingerprint density at radius 1 is 1.23 bits per heavy atom. The fraction of sp³-hybridized carbons (Fsp3) is 0.588. The fourth-order valence-corrected chi connectivity index (χ4v) is 3.20.